The molecule has 0 radical (unpaired) electrons. The lowest BCUT2D eigenvalue weighted by atomic mass is 10.0. The van der Waals surface area contributed by atoms with E-state index in [1.54, 1.807) is 0 Å². The van der Waals surface area contributed by atoms with Gasteiger partial charge in [0.2, 0.25) is 0 Å². The van der Waals surface area contributed by atoms with Gasteiger partial charge in [-0.05, 0) is 23.3 Å². The highest BCUT2D eigenvalue weighted by Gasteiger charge is 2.39. The first kappa shape index (κ1) is 15.6. The Bertz CT molecular complexity index is 835. The summed E-state index contributed by atoms with van der Waals surface area (Å²) in [5.41, 5.74) is 7.03. The lowest BCUT2D eigenvalue weighted by molar-refractivity contribution is -0.927. The molecule has 3 aromatic rings. The van der Waals surface area contributed by atoms with Gasteiger partial charge < -0.3 is 4.48 Å². The molecule has 0 aromatic heterocycles. The Hall–Kier alpha value is -1.90. The summed E-state index contributed by atoms with van der Waals surface area (Å²) < 4.78 is 2.04. The van der Waals surface area contributed by atoms with E-state index in [0.29, 0.717) is 6.04 Å². The van der Waals surface area contributed by atoms with Crippen molar-refractivity contribution in [2.24, 2.45) is 0 Å². The molecule has 0 saturated heterocycles. The second kappa shape index (κ2) is 5.87. The Labute approximate surface area is 152 Å². The maximum atomic E-state index is 3.53. The summed E-state index contributed by atoms with van der Waals surface area (Å²) in [6.07, 6.45) is 0. The SMILES string of the molecule is C[N+](C)(Cc1ccc(Br)cc1)C1c2ccccc2-c2ccccc21. The van der Waals surface area contributed by atoms with Crippen molar-refractivity contribution in [3.8, 4) is 11.1 Å². The number of hydrogen-bond donors (Lipinski definition) is 0. The average molecular weight is 379 g/mol. The van der Waals surface area contributed by atoms with Crippen molar-refractivity contribution in [2.45, 2.75) is 12.6 Å². The van der Waals surface area contributed by atoms with Crippen LogP contribution in [0, 0.1) is 0 Å². The Morgan fingerprint density at radius 1 is 0.750 bits per heavy atom. The van der Waals surface area contributed by atoms with Gasteiger partial charge >= 0.3 is 0 Å². The molecule has 0 bridgehead atoms. The fraction of sp³-hybridized carbons (Fsp3) is 0.182. The van der Waals surface area contributed by atoms with Gasteiger partial charge in [-0.1, -0.05) is 76.6 Å². The lowest BCUT2D eigenvalue weighted by Gasteiger charge is -2.37. The highest BCUT2D eigenvalue weighted by atomic mass is 79.9. The van der Waals surface area contributed by atoms with Crippen molar-refractivity contribution in [3.05, 3.63) is 94.0 Å². The lowest BCUT2D eigenvalue weighted by Crippen LogP contribution is -2.42. The van der Waals surface area contributed by atoms with Crippen molar-refractivity contribution in [2.75, 3.05) is 14.1 Å². The minimum Gasteiger partial charge on any atom is -0.315 e. The molecular formula is C22H21BrN+. The summed E-state index contributed by atoms with van der Waals surface area (Å²) in [4.78, 5) is 0. The van der Waals surface area contributed by atoms with Gasteiger partial charge in [-0.2, -0.15) is 0 Å². The Kier molecular flexibility index (Phi) is 3.82. The normalized spacial score (nSPS) is 13.6. The first-order valence-electron chi connectivity index (χ1n) is 8.31. The molecule has 0 fully saturated rings. The van der Waals surface area contributed by atoms with Crippen LogP contribution in [0.1, 0.15) is 22.7 Å². The zero-order valence-electron chi connectivity index (χ0n) is 14.0. The van der Waals surface area contributed by atoms with Crippen LogP contribution in [0.15, 0.2) is 77.3 Å². The van der Waals surface area contributed by atoms with E-state index in [-0.39, 0.29) is 0 Å². The predicted molar refractivity (Wildman–Crippen MR) is 104 cm³/mol. The number of nitrogens with zero attached hydrogens (tertiary/aromatic N) is 1. The fourth-order valence-corrected chi connectivity index (χ4v) is 4.30. The third-order valence-corrected chi connectivity index (χ3v) is 5.53. The molecule has 0 saturated carbocycles. The number of benzene rings is 3. The van der Waals surface area contributed by atoms with E-state index in [0.717, 1.165) is 15.5 Å². The van der Waals surface area contributed by atoms with Crippen molar-refractivity contribution >= 4 is 15.9 Å². The molecule has 1 aliphatic carbocycles. The topological polar surface area (TPSA) is 0 Å². The largest absolute Gasteiger partial charge is 0.315 e. The van der Waals surface area contributed by atoms with Crippen LogP contribution in [-0.2, 0) is 6.54 Å². The predicted octanol–water partition coefficient (Wildman–Crippen LogP) is 5.80. The van der Waals surface area contributed by atoms with Crippen LogP contribution in [0.2, 0.25) is 0 Å². The summed E-state index contributed by atoms with van der Waals surface area (Å²) in [6, 6.07) is 26.8. The molecule has 1 aliphatic rings. The van der Waals surface area contributed by atoms with Crippen molar-refractivity contribution in [3.63, 3.8) is 0 Å². The second-order valence-electron chi connectivity index (χ2n) is 7.14. The van der Waals surface area contributed by atoms with Gasteiger partial charge in [-0.15, -0.1) is 0 Å². The quantitative estimate of drug-likeness (QED) is 0.505. The van der Waals surface area contributed by atoms with Crippen molar-refractivity contribution < 1.29 is 4.48 Å². The van der Waals surface area contributed by atoms with Crippen molar-refractivity contribution in [1.82, 2.24) is 0 Å². The molecule has 0 amide bonds. The maximum absolute atomic E-state index is 3.53. The van der Waals surface area contributed by atoms with Crippen LogP contribution in [0.3, 0.4) is 0 Å². The molecule has 0 N–H and O–H groups in total. The standard InChI is InChI=1S/C22H21BrN/c1-24(2,15-16-11-13-17(23)14-12-16)22-20-9-5-3-7-18(20)19-8-4-6-10-21(19)22/h3-14,22H,15H2,1-2H3/q+1. The third-order valence-electron chi connectivity index (χ3n) is 5.00. The van der Waals surface area contributed by atoms with E-state index in [1.165, 1.54) is 27.8 Å². The molecule has 0 unspecified atom stereocenters. The number of hydrogen-bond acceptors (Lipinski definition) is 0. The van der Waals surface area contributed by atoms with Gasteiger partial charge in [0.25, 0.3) is 0 Å². The van der Waals surface area contributed by atoms with Gasteiger partial charge in [-0.3, -0.25) is 0 Å². The van der Waals surface area contributed by atoms with E-state index in [9.17, 15) is 0 Å². The molecule has 0 spiro atoms. The second-order valence-corrected chi connectivity index (χ2v) is 8.06. The summed E-state index contributed by atoms with van der Waals surface area (Å²) in [5, 5.41) is 0. The van der Waals surface area contributed by atoms with Crippen LogP contribution in [-0.4, -0.2) is 18.6 Å². The molecule has 0 aliphatic heterocycles. The zero-order valence-corrected chi connectivity index (χ0v) is 15.6. The summed E-state index contributed by atoms with van der Waals surface area (Å²) in [7, 11) is 4.68. The first-order valence-corrected chi connectivity index (χ1v) is 9.11. The molecule has 120 valence electrons. The summed E-state index contributed by atoms with van der Waals surface area (Å²) in [5.74, 6) is 0. The highest BCUT2D eigenvalue weighted by molar-refractivity contribution is 9.10. The molecule has 24 heavy (non-hydrogen) atoms. The van der Waals surface area contributed by atoms with Gasteiger partial charge in [0.15, 0.2) is 0 Å². The van der Waals surface area contributed by atoms with Crippen LogP contribution >= 0.6 is 15.9 Å². The van der Waals surface area contributed by atoms with E-state index in [4.69, 9.17) is 0 Å². The Balaban J connectivity index is 1.78. The minimum atomic E-state index is 0.376. The molecule has 1 nitrogen and oxygen atoms in total. The van der Waals surface area contributed by atoms with Gasteiger partial charge in [0.1, 0.15) is 12.6 Å². The average Bonchev–Trinajstić information content (AvgIpc) is 2.92. The zero-order chi connectivity index (χ0) is 16.7. The van der Waals surface area contributed by atoms with E-state index >= 15 is 0 Å². The number of halogens is 1. The molecule has 4 rings (SSSR count). The molecule has 0 heterocycles. The van der Waals surface area contributed by atoms with Gasteiger partial charge in [0, 0.05) is 21.2 Å². The molecular weight excluding hydrogens is 358 g/mol. The molecule has 2 heteroatoms. The molecule has 3 aromatic carbocycles. The Morgan fingerprint density at radius 3 is 1.79 bits per heavy atom. The third kappa shape index (κ3) is 2.60. The van der Waals surface area contributed by atoms with E-state index in [2.05, 4.69) is 103 Å². The van der Waals surface area contributed by atoms with Crippen LogP contribution in [0.5, 0.6) is 0 Å². The van der Waals surface area contributed by atoms with Crippen LogP contribution in [0.25, 0.3) is 11.1 Å². The summed E-state index contributed by atoms with van der Waals surface area (Å²) in [6.45, 7) is 1.00. The van der Waals surface area contributed by atoms with E-state index < -0.39 is 0 Å². The van der Waals surface area contributed by atoms with E-state index in [1.807, 2.05) is 0 Å². The van der Waals surface area contributed by atoms with Crippen molar-refractivity contribution in [1.29, 1.82) is 0 Å². The Morgan fingerprint density at radius 2 is 1.25 bits per heavy atom. The minimum absolute atomic E-state index is 0.376. The first-order chi connectivity index (χ1) is 11.6. The fourth-order valence-electron chi connectivity index (χ4n) is 4.03. The number of fused-ring (bicyclic) bond motifs is 3. The van der Waals surface area contributed by atoms with Gasteiger partial charge in [-0.25, -0.2) is 0 Å². The van der Waals surface area contributed by atoms with Gasteiger partial charge in [0.05, 0.1) is 14.1 Å². The summed E-state index contributed by atoms with van der Waals surface area (Å²) >= 11 is 3.53. The van der Waals surface area contributed by atoms with Crippen LogP contribution < -0.4 is 0 Å². The smallest absolute Gasteiger partial charge is 0.141 e. The monoisotopic (exact) mass is 378 g/mol. The highest BCUT2D eigenvalue weighted by Crippen LogP contribution is 2.48. The molecule has 0 atom stereocenters. The number of quaternary nitrogens is 1. The number of rotatable bonds is 3. The van der Waals surface area contributed by atoms with Crippen LogP contribution in [0.4, 0.5) is 0 Å². The maximum Gasteiger partial charge on any atom is 0.141 e.